The van der Waals surface area contributed by atoms with Crippen molar-refractivity contribution in [2.75, 3.05) is 26.8 Å². The van der Waals surface area contributed by atoms with E-state index >= 15 is 0 Å². The van der Waals surface area contributed by atoms with E-state index in [1.807, 2.05) is 41.5 Å². The number of aromatic nitrogens is 1. The molecule has 2 aliphatic heterocycles. The van der Waals surface area contributed by atoms with E-state index in [1.165, 1.54) is 4.90 Å². The fraction of sp³-hybridized carbons (Fsp3) is 0.368. The molecule has 0 radical (unpaired) electrons. The maximum absolute atomic E-state index is 11.6. The number of amides is 1. The Kier molecular flexibility index (Phi) is 4.26. The molecule has 0 aliphatic carbocycles. The Morgan fingerprint density at radius 3 is 2.69 bits per heavy atom. The van der Waals surface area contributed by atoms with Crippen LogP contribution >= 0.6 is 0 Å². The van der Waals surface area contributed by atoms with Crippen molar-refractivity contribution in [3.63, 3.8) is 0 Å². The van der Waals surface area contributed by atoms with E-state index in [9.17, 15) is 9.90 Å². The molecule has 2 unspecified atom stereocenters. The van der Waals surface area contributed by atoms with Crippen LogP contribution in [0.25, 0.3) is 0 Å². The standard InChI is InChI=1S/C19H21N3O4/c1-25-17-4-2-14(3-5-17)10-22-19(15-6-8-20-9-7-15)13-21(18(23)24)11-16(19)12-26-22/h2-9,16H,10-13H2,1H3,(H,23,24). The number of carboxylic acid groups (broad SMARTS) is 1. The van der Waals surface area contributed by atoms with Gasteiger partial charge in [0.15, 0.2) is 0 Å². The summed E-state index contributed by atoms with van der Waals surface area (Å²) in [5.41, 5.74) is 1.61. The Labute approximate surface area is 151 Å². The quantitative estimate of drug-likeness (QED) is 0.907. The van der Waals surface area contributed by atoms with E-state index in [0.29, 0.717) is 26.2 Å². The van der Waals surface area contributed by atoms with Crippen molar-refractivity contribution in [2.45, 2.75) is 12.1 Å². The molecule has 26 heavy (non-hydrogen) atoms. The minimum absolute atomic E-state index is 0.0826. The van der Waals surface area contributed by atoms with Crippen LogP contribution in [0, 0.1) is 5.92 Å². The smallest absolute Gasteiger partial charge is 0.407 e. The third-order valence-electron chi connectivity index (χ3n) is 5.36. The highest BCUT2D eigenvalue weighted by atomic mass is 16.7. The number of fused-ring (bicyclic) bond motifs is 1. The van der Waals surface area contributed by atoms with Gasteiger partial charge in [-0.2, -0.15) is 5.06 Å². The van der Waals surface area contributed by atoms with Crippen molar-refractivity contribution in [1.82, 2.24) is 14.9 Å². The number of benzene rings is 1. The van der Waals surface area contributed by atoms with E-state index in [-0.39, 0.29) is 5.92 Å². The summed E-state index contributed by atoms with van der Waals surface area (Å²) in [5.74, 6) is 0.884. The van der Waals surface area contributed by atoms with Crippen molar-refractivity contribution in [2.24, 2.45) is 5.92 Å². The van der Waals surface area contributed by atoms with Gasteiger partial charge in [0.1, 0.15) is 5.75 Å². The summed E-state index contributed by atoms with van der Waals surface area (Å²) in [7, 11) is 1.64. The summed E-state index contributed by atoms with van der Waals surface area (Å²) in [6, 6.07) is 11.7. The first-order valence-corrected chi connectivity index (χ1v) is 8.55. The first-order valence-electron chi connectivity index (χ1n) is 8.55. The Bertz CT molecular complexity index is 783. The number of hydroxylamine groups is 2. The molecule has 1 aromatic heterocycles. The molecule has 0 spiro atoms. The predicted molar refractivity (Wildman–Crippen MR) is 93.5 cm³/mol. The Morgan fingerprint density at radius 1 is 1.31 bits per heavy atom. The minimum Gasteiger partial charge on any atom is -0.497 e. The molecule has 2 aromatic rings. The number of hydrogen-bond acceptors (Lipinski definition) is 5. The number of methoxy groups -OCH3 is 1. The molecule has 1 amide bonds. The molecule has 1 aromatic carbocycles. The van der Waals surface area contributed by atoms with Gasteiger partial charge in [-0.15, -0.1) is 0 Å². The third-order valence-corrected chi connectivity index (χ3v) is 5.36. The maximum Gasteiger partial charge on any atom is 0.407 e. The number of ether oxygens (including phenoxy) is 1. The minimum atomic E-state index is -0.891. The van der Waals surface area contributed by atoms with Crippen molar-refractivity contribution in [3.05, 3.63) is 59.9 Å². The van der Waals surface area contributed by atoms with Crippen molar-refractivity contribution in [1.29, 1.82) is 0 Å². The van der Waals surface area contributed by atoms with Gasteiger partial charge in [0.25, 0.3) is 0 Å². The molecule has 7 heteroatoms. The maximum atomic E-state index is 11.6. The molecule has 1 N–H and O–H groups in total. The van der Waals surface area contributed by atoms with Gasteiger partial charge in [-0.3, -0.25) is 9.82 Å². The lowest BCUT2D eigenvalue weighted by Crippen LogP contribution is -2.46. The molecule has 0 bridgehead atoms. The number of nitrogens with zero attached hydrogens (tertiary/aromatic N) is 3. The highest BCUT2D eigenvalue weighted by Gasteiger charge is 2.57. The van der Waals surface area contributed by atoms with Crippen LogP contribution in [0.3, 0.4) is 0 Å². The molecule has 2 atom stereocenters. The van der Waals surface area contributed by atoms with Crippen LogP contribution in [-0.4, -0.2) is 53.0 Å². The third kappa shape index (κ3) is 2.69. The van der Waals surface area contributed by atoms with Crippen LogP contribution in [0.2, 0.25) is 0 Å². The fourth-order valence-electron chi connectivity index (χ4n) is 4.01. The topological polar surface area (TPSA) is 75.1 Å². The van der Waals surface area contributed by atoms with Crippen molar-refractivity contribution in [3.8, 4) is 5.75 Å². The van der Waals surface area contributed by atoms with Crippen LogP contribution in [0.1, 0.15) is 11.1 Å². The SMILES string of the molecule is COc1ccc(CN2OCC3CN(C(=O)O)CC32c2ccncc2)cc1. The predicted octanol–water partition coefficient (Wildman–Crippen LogP) is 2.34. The molecule has 2 fully saturated rings. The van der Waals surface area contributed by atoms with Gasteiger partial charge in [-0.05, 0) is 35.4 Å². The molecule has 3 heterocycles. The van der Waals surface area contributed by atoms with E-state index in [0.717, 1.165) is 16.9 Å². The zero-order valence-electron chi connectivity index (χ0n) is 14.5. The van der Waals surface area contributed by atoms with Crippen LogP contribution in [0.15, 0.2) is 48.8 Å². The number of pyridine rings is 1. The summed E-state index contributed by atoms with van der Waals surface area (Å²) in [5, 5.41) is 11.4. The molecule has 4 rings (SSSR count). The monoisotopic (exact) mass is 355 g/mol. The molecular formula is C19H21N3O4. The van der Waals surface area contributed by atoms with Crippen LogP contribution in [-0.2, 0) is 16.9 Å². The van der Waals surface area contributed by atoms with Gasteiger partial charge >= 0.3 is 6.09 Å². The van der Waals surface area contributed by atoms with Gasteiger partial charge in [0, 0.05) is 31.4 Å². The average molecular weight is 355 g/mol. The van der Waals surface area contributed by atoms with E-state index in [2.05, 4.69) is 4.98 Å². The van der Waals surface area contributed by atoms with E-state index in [1.54, 1.807) is 19.5 Å². The largest absolute Gasteiger partial charge is 0.497 e. The number of hydrogen-bond donors (Lipinski definition) is 1. The molecule has 2 saturated heterocycles. The van der Waals surface area contributed by atoms with Gasteiger partial charge in [0.2, 0.25) is 0 Å². The van der Waals surface area contributed by atoms with E-state index in [4.69, 9.17) is 9.57 Å². The van der Waals surface area contributed by atoms with Crippen LogP contribution in [0.5, 0.6) is 5.75 Å². The normalized spacial score (nSPS) is 25.3. The second-order valence-electron chi connectivity index (χ2n) is 6.70. The van der Waals surface area contributed by atoms with Gasteiger partial charge < -0.3 is 14.7 Å². The molecule has 136 valence electrons. The zero-order valence-corrected chi connectivity index (χ0v) is 14.5. The lowest BCUT2D eigenvalue weighted by molar-refractivity contribution is -0.176. The molecule has 2 aliphatic rings. The highest BCUT2D eigenvalue weighted by molar-refractivity contribution is 5.66. The average Bonchev–Trinajstić information content (AvgIpc) is 3.21. The van der Waals surface area contributed by atoms with Gasteiger partial charge in [-0.25, -0.2) is 4.79 Å². The van der Waals surface area contributed by atoms with Gasteiger partial charge in [-0.1, -0.05) is 12.1 Å². The molecule has 7 nitrogen and oxygen atoms in total. The second kappa shape index (κ2) is 6.59. The Balaban J connectivity index is 1.68. The molecule has 0 saturated carbocycles. The lowest BCUT2D eigenvalue weighted by Gasteiger charge is -2.36. The summed E-state index contributed by atoms with van der Waals surface area (Å²) < 4.78 is 5.21. The summed E-state index contributed by atoms with van der Waals surface area (Å²) in [6.45, 7) is 1.92. The van der Waals surface area contributed by atoms with Crippen molar-refractivity contribution >= 4 is 6.09 Å². The van der Waals surface area contributed by atoms with Crippen molar-refractivity contribution < 1.29 is 19.5 Å². The first kappa shape index (κ1) is 16.8. The first-order chi connectivity index (χ1) is 12.6. The van der Waals surface area contributed by atoms with Crippen LogP contribution < -0.4 is 4.74 Å². The van der Waals surface area contributed by atoms with E-state index < -0.39 is 11.6 Å². The Hall–Kier alpha value is -2.64. The number of rotatable bonds is 4. The number of carbonyl (C=O) groups is 1. The van der Waals surface area contributed by atoms with Gasteiger partial charge in [0.05, 0.1) is 25.8 Å². The Morgan fingerprint density at radius 2 is 2.04 bits per heavy atom. The summed E-state index contributed by atoms with van der Waals surface area (Å²) in [6.07, 6.45) is 2.60. The molecular weight excluding hydrogens is 334 g/mol. The summed E-state index contributed by atoms with van der Waals surface area (Å²) >= 11 is 0. The highest BCUT2D eigenvalue weighted by Crippen LogP contribution is 2.47. The lowest BCUT2D eigenvalue weighted by atomic mass is 9.81. The number of likely N-dealkylation sites (tertiary alicyclic amines) is 1. The van der Waals surface area contributed by atoms with Crippen LogP contribution in [0.4, 0.5) is 4.79 Å². The second-order valence-corrected chi connectivity index (χ2v) is 6.70. The fourth-order valence-corrected chi connectivity index (χ4v) is 4.01. The zero-order chi connectivity index (χ0) is 18.1. The summed E-state index contributed by atoms with van der Waals surface area (Å²) in [4.78, 5) is 23.2.